The minimum Gasteiger partial charge on any atom is -0.493 e. The van der Waals surface area contributed by atoms with Crippen molar-refractivity contribution in [3.63, 3.8) is 0 Å². The topological polar surface area (TPSA) is 86.0 Å². The van der Waals surface area contributed by atoms with Crippen LogP contribution in [0.4, 0.5) is 5.69 Å². The SMILES string of the molecule is COc1cc2c(cc1OC)C(c1cccc([N+](=O)[O-])c1)=NNC(=S)C2. The fraction of sp³-hybridized carbons (Fsp3) is 0.176. The van der Waals surface area contributed by atoms with E-state index in [0.717, 1.165) is 11.1 Å². The first-order valence-electron chi connectivity index (χ1n) is 7.40. The number of hydrazone groups is 1. The molecule has 1 N–H and O–H groups in total. The van der Waals surface area contributed by atoms with Gasteiger partial charge < -0.3 is 9.47 Å². The first kappa shape index (κ1) is 16.8. The Kier molecular flexibility index (Phi) is 4.62. The lowest BCUT2D eigenvalue weighted by atomic mass is 9.95. The summed E-state index contributed by atoms with van der Waals surface area (Å²) in [5, 5.41) is 15.4. The number of methoxy groups -OCH3 is 2. The maximum absolute atomic E-state index is 11.1. The summed E-state index contributed by atoms with van der Waals surface area (Å²) < 4.78 is 10.7. The van der Waals surface area contributed by atoms with Gasteiger partial charge in [0.05, 0.1) is 24.9 Å². The molecule has 1 heterocycles. The fourth-order valence-electron chi connectivity index (χ4n) is 2.67. The van der Waals surface area contributed by atoms with E-state index in [1.807, 2.05) is 6.07 Å². The van der Waals surface area contributed by atoms with Crippen LogP contribution >= 0.6 is 12.2 Å². The number of nitro benzene ring substituents is 1. The summed E-state index contributed by atoms with van der Waals surface area (Å²) in [6.45, 7) is 0. The first-order valence-corrected chi connectivity index (χ1v) is 7.81. The lowest BCUT2D eigenvalue weighted by molar-refractivity contribution is -0.384. The van der Waals surface area contributed by atoms with E-state index in [9.17, 15) is 10.1 Å². The molecule has 25 heavy (non-hydrogen) atoms. The standard InChI is InChI=1S/C17H15N3O4S/c1-23-14-7-11-8-16(25)18-19-17(13(11)9-15(14)24-2)10-4-3-5-12(6-10)20(21)22/h3-7,9H,8H2,1-2H3,(H,18,25). The monoisotopic (exact) mass is 357 g/mol. The van der Waals surface area contributed by atoms with Crippen LogP contribution in [0, 0.1) is 10.1 Å². The number of thiocarbonyl (C=S) groups is 1. The van der Waals surface area contributed by atoms with Crippen LogP contribution in [0.25, 0.3) is 0 Å². The number of hydrogen-bond donors (Lipinski definition) is 1. The number of fused-ring (bicyclic) bond motifs is 1. The van der Waals surface area contributed by atoms with Crippen LogP contribution in [-0.4, -0.2) is 29.8 Å². The molecule has 0 fully saturated rings. The van der Waals surface area contributed by atoms with Crippen molar-refractivity contribution in [2.45, 2.75) is 6.42 Å². The summed E-state index contributed by atoms with van der Waals surface area (Å²) in [6.07, 6.45) is 0.479. The van der Waals surface area contributed by atoms with E-state index in [2.05, 4.69) is 10.5 Å². The molecule has 3 rings (SSSR count). The Bertz CT molecular complexity index is 895. The maximum atomic E-state index is 11.1. The van der Waals surface area contributed by atoms with Gasteiger partial charge in [-0.2, -0.15) is 5.10 Å². The number of non-ortho nitro benzene ring substituents is 1. The third kappa shape index (κ3) is 3.29. The molecule has 0 amide bonds. The maximum Gasteiger partial charge on any atom is 0.270 e. The van der Waals surface area contributed by atoms with Crippen molar-refractivity contribution in [2.75, 3.05) is 14.2 Å². The molecule has 0 radical (unpaired) electrons. The summed E-state index contributed by atoms with van der Waals surface area (Å²) in [4.78, 5) is 11.2. The molecule has 0 atom stereocenters. The van der Waals surface area contributed by atoms with E-state index in [-0.39, 0.29) is 5.69 Å². The molecule has 2 aromatic rings. The third-order valence-corrected chi connectivity index (χ3v) is 4.07. The quantitative estimate of drug-likeness (QED) is 0.514. The smallest absolute Gasteiger partial charge is 0.270 e. The van der Waals surface area contributed by atoms with Gasteiger partial charge in [0.1, 0.15) is 4.99 Å². The van der Waals surface area contributed by atoms with Gasteiger partial charge in [-0.15, -0.1) is 0 Å². The van der Waals surface area contributed by atoms with E-state index in [1.54, 1.807) is 32.4 Å². The fourth-order valence-corrected chi connectivity index (χ4v) is 2.87. The van der Waals surface area contributed by atoms with E-state index < -0.39 is 4.92 Å². The second-order valence-electron chi connectivity index (χ2n) is 5.34. The Hall–Kier alpha value is -3.00. The Morgan fingerprint density at radius 1 is 1.20 bits per heavy atom. The molecule has 0 unspecified atom stereocenters. The normalized spacial score (nSPS) is 13.2. The Labute approximate surface area is 149 Å². The number of benzene rings is 2. The minimum atomic E-state index is -0.436. The second-order valence-corrected chi connectivity index (χ2v) is 5.84. The van der Waals surface area contributed by atoms with Crippen LogP contribution in [0.2, 0.25) is 0 Å². The van der Waals surface area contributed by atoms with Gasteiger partial charge in [-0.3, -0.25) is 15.5 Å². The largest absolute Gasteiger partial charge is 0.493 e. The van der Waals surface area contributed by atoms with Gasteiger partial charge in [0.2, 0.25) is 0 Å². The summed E-state index contributed by atoms with van der Waals surface area (Å²) >= 11 is 5.28. The molecule has 7 nitrogen and oxygen atoms in total. The van der Waals surface area contributed by atoms with Crippen LogP contribution in [-0.2, 0) is 6.42 Å². The van der Waals surface area contributed by atoms with Crippen LogP contribution in [0.1, 0.15) is 16.7 Å². The predicted molar refractivity (Wildman–Crippen MR) is 97.7 cm³/mol. The van der Waals surface area contributed by atoms with Crippen molar-refractivity contribution >= 4 is 28.6 Å². The molecule has 128 valence electrons. The molecule has 2 aromatic carbocycles. The highest BCUT2D eigenvalue weighted by molar-refractivity contribution is 7.80. The molecule has 0 saturated carbocycles. The molecular formula is C17H15N3O4S. The van der Waals surface area contributed by atoms with Gasteiger partial charge in [-0.1, -0.05) is 24.4 Å². The molecule has 0 spiro atoms. The molecule has 8 heteroatoms. The van der Waals surface area contributed by atoms with E-state index in [0.29, 0.717) is 34.2 Å². The molecule has 1 aliphatic heterocycles. The Balaban J connectivity index is 2.20. The van der Waals surface area contributed by atoms with Gasteiger partial charge in [-0.05, 0) is 17.7 Å². The van der Waals surface area contributed by atoms with Crippen molar-refractivity contribution in [3.05, 3.63) is 63.2 Å². The molecule has 0 bridgehead atoms. The van der Waals surface area contributed by atoms with Crippen LogP contribution in [0.15, 0.2) is 41.5 Å². The van der Waals surface area contributed by atoms with Crippen molar-refractivity contribution in [3.8, 4) is 11.5 Å². The molecular weight excluding hydrogens is 342 g/mol. The van der Waals surface area contributed by atoms with Gasteiger partial charge in [-0.25, -0.2) is 0 Å². The van der Waals surface area contributed by atoms with Gasteiger partial charge in [0.25, 0.3) is 5.69 Å². The van der Waals surface area contributed by atoms with Gasteiger partial charge in [0, 0.05) is 29.7 Å². The third-order valence-electron chi connectivity index (χ3n) is 3.84. The molecule has 0 aromatic heterocycles. The Morgan fingerprint density at radius 3 is 2.60 bits per heavy atom. The average molecular weight is 357 g/mol. The summed E-state index contributed by atoms with van der Waals surface area (Å²) in [7, 11) is 3.11. The lowest BCUT2D eigenvalue weighted by Crippen LogP contribution is -2.16. The summed E-state index contributed by atoms with van der Waals surface area (Å²) in [5.41, 5.74) is 5.68. The van der Waals surface area contributed by atoms with Gasteiger partial charge >= 0.3 is 0 Å². The second kappa shape index (κ2) is 6.86. The zero-order valence-electron chi connectivity index (χ0n) is 13.6. The highest BCUT2D eigenvalue weighted by atomic mass is 32.1. The highest BCUT2D eigenvalue weighted by Crippen LogP contribution is 2.33. The lowest BCUT2D eigenvalue weighted by Gasteiger charge is -2.14. The molecule has 0 aliphatic carbocycles. The number of hydrogen-bond acceptors (Lipinski definition) is 6. The number of nitrogens with zero attached hydrogens (tertiary/aromatic N) is 2. The van der Waals surface area contributed by atoms with Crippen molar-refractivity contribution < 1.29 is 14.4 Å². The summed E-state index contributed by atoms with van der Waals surface area (Å²) in [5.74, 6) is 1.14. The molecule has 0 saturated heterocycles. The van der Waals surface area contributed by atoms with Crippen LogP contribution < -0.4 is 14.9 Å². The zero-order valence-corrected chi connectivity index (χ0v) is 14.4. The van der Waals surface area contributed by atoms with E-state index >= 15 is 0 Å². The summed E-state index contributed by atoms with van der Waals surface area (Å²) in [6, 6.07) is 9.97. The number of nitro groups is 1. The van der Waals surface area contributed by atoms with Gasteiger partial charge in [0.15, 0.2) is 11.5 Å². The van der Waals surface area contributed by atoms with E-state index in [1.165, 1.54) is 12.1 Å². The highest BCUT2D eigenvalue weighted by Gasteiger charge is 2.21. The van der Waals surface area contributed by atoms with Crippen molar-refractivity contribution in [1.29, 1.82) is 0 Å². The minimum absolute atomic E-state index is 0.00551. The average Bonchev–Trinajstić information content (AvgIpc) is 2.78. The number of rotatable bonds is 4. The number of ether oxygens (including phenoxy) is 2. The van der Waals surface area contributed by atoms with Crippen LogP contribution in [0.3, 0.4) is 0 Å². The predicted octanol–water partition coefficient (Wildman–Crippen LogP) is 2.84. The molecule has 1 aliphatic rings. The first-order chi connectivity index (χ1) is 12.0. The van der Waals surface area contributed by atoms with Crippen LogP contribution in [0.5, 0.6) is 11.5 Å². The zero-order chi connectivity index (χ0) is 18.0. The number of nitrogens with one attached hydrogen (secondary N) is 1. The Morgan fingerprint density at radius 2 is 1.92 bits per heavy atom. The van der Waals surface area contributed by atoms with Crippen molar-refractivity contribution in [1.82, 2.24) is 5.43 Å². The van der Waals surface area contributed by atoms with Crippen molar-refractivity contribution in [2.24, 2.45) is 5.10 Å². The van der Waals surface area contributed by atoms with E-state index in [4.69, 9.17) is 21.7 Å².